The number of benzene rings is 2. The average Bonchev–Trinajstić information content (AvgIpc) is 2.53. The lowest BCUT2D eigenvalue weighted by Crippen LogP contribution is -2.15. The highest BCUT2D eigenvalue weighted by atomic mass is 16.3. The standard InChI is InChI=1S/C18H26N4O2/c1-13(23)21-17-7-3-15(4-8-17)19-11-12-20-16-5-9-18(10-6-16)22-14(2)24/h3-10,13-14,19-24H,11-12H2,1-2H3. The van der Waals surface area contributed by atoms with E-state index >= 15 is 0 Å². The highest BCUT2D eigenvalue weighted by Gasteiger charge is 1.98. The van der Waals surface area contributed by atoms with Crippen LogP contribution in [0.2, 0.25) is 0 Å². The van der Waals surface area contributed by atoms with Crippen LogP contribution in [-0.2, 0) is 0 Å². The molecule has 6 heteroatoms. The predicted molar refractivity (Wildman–Crippen MR) is 100 cm³/mol. The maximum absolute atomic E-state index is 9.27. The van der Waals surface area contributed by atoms with Crippen molar-refractivity contribution in [3.8, 4) is 0 Å². The third-order valence-corrected chi connectivity index (χ3v) is 3.30. The lowest BCUT2D eigenvalue weighted by Gasteiger charge is -2.12. The van der Waals surface area contributed by atoms with Crippen LogP contribution in [0.25, 0.3) is 0 Å². The maximum Gasteiger partial charge on any atom is 0.121 e. The average molecular weight is 330 g/mol. The Morgan fingerprint density at radius 2 is 0.917 bits per heavy atom. The van der Waals surface area contributed by atoms with Crippen LogP contribution in [0.1, 0.15) is 13.8 Å². The van der Waals surface area contributed by atoms with Gasteiger partial charge >= 0.3 is 0 Å². The van der Waals surface area contributed by atoms with Crippen molar-refractivity contribution in [2.24, 2.45) is 0 Å². The molecule has 0 aliphatic carbocycles. The van der Waals surface area contributed by atoms with Gasteiger partial charge in [0.1, 0.15) is 12.5 Å². The zero-order chi connectivity index (χ0) is 17.4. The third-order valence-electron chi connectivity index (χ3n) is 3.30. The first-order chi connectivity index (χ1) is 11.5. The first-order valence-electron chi connectivity index (χ1n) is 8.10. The van der Waals surface area contributed by atoms with E-state index in [9.17, 15) is 10.2 Å². The number of rotatable bonds is 9. The zero-order valence-corrected chi connectivity index (χ0v) is 14.1. The van der Waals surface area contributed by atoms with Crippen molar-refractivity contribution in [1.82, 2.24) is 0 Å². The smallest absolute Gasteiger partial charge is 0.121 e. The SMILES string of the molecule is CC(O)Nc1ccc(NCCNc2ccc(NC(C)O)cc2)cc1. The van der Waals surface area contributed by atoms with Gasteiger partial charge in [0.05, 0.1) is 0 Å². The summed E-state index contributed by atoms with van der Waals surface area (Å²) in [6.45, 7) is 4.95. The molecule has 0 amide bonds. The molecule has 0 spiro atoms. The molecular weight excluding hydrogens is 304 g/mol. The van der Waals surface area contributed by atoms with Crippen LogP contribution in [0.4, 0.5) is 22.7 Å². The Bertz CT molecular complexity index is 542. The van der Waals surface area contributed by atoms with Crippen LogP contribution < -0.4 is 21.3 Å². The minimum absolute atomic E-state index is 0.560. The Balaban J connectivity index is 1.70. The Morgan fingerprint density at radius 1 is 0.625 bits per heavy atom. The number of aliphatic hydroxyl groups excluding tert-OH is 2. The van der Waals surface area contributed by atoms with Gasteiger partial charge in [-0.1, -0.05) is 0 Å². The Kier molecular flexibility index (Phi) is 6.72. The topological polar surface area (TPSA) is 88.6 Å². The molecule has 130 valence electrons. The predicted octanol–water partition coefficient (Wildman–Crippen LogP) is 2.71. The molecule has 0 fully saturated rings. The van der Waals surface area contributed by atoms with Crippen LogP contribution in [0.3, 0.4) is 0 Å². The summed E-state index contributed by atoms with van der Waals surface area (Å²) in [6, 6.07) is 15.6. The summed E-state index contributed by atoms with van der Waals surface area (Å²) in [5.74, 6) is 0. The highest BCUT2D eigenvalue weighted by Crippen LogP contribution is 2.15. The van der Waals surface area contributed by atoms with Gasteiger partial charge in [-0.2, -0.15) is 0 Å². The van der Waals surface area contributed by atoms with Crippen molar-refractivity contribution in [3.63, 3.8) is 0 Å². The molecule has 0 heterocycles. The van der Waals surface area contributed by atoms with Crippen molar-refractivity contribution in [3.05, 3.63) is 48.5 Å². The van der Waals surface area contributed by atoms with Crippen LogP contribution in [0.5, 0.6) is 0 Å². The lowest BCUT2D eigenvalue weighted by molar-refractivity contribution is 0.224. The summed E-state index contributed by atoms with van der Waals surface area (Å²) >= 11 is 0. The van der Waals surface area contributed by atoms with E-state index in [1.54, 1.807) is 13.8 Å². The minimum Gasteiger partial charge on any atom is -0.383 e. The van der Waals surface area contributed by atoms with Crippen molar-refractivity contribution < 1.29 is 10.2 Å². The normalized spacial score (nSPS) is 13.0. The maximum atomic E-state index is 9.27. The molecule has 0 aromatic heterocycles. The summed E-state index contributed by atoms with van der Waals surface area (Å²) in [4.78, 5) is 0. The van der Waals surface area contributed by atoms with Crippen molar-refractivity contribution in [2.45, 2.75) is 26.3 Å². The van der Waals surface area contributed by atoms with Gasteiger partial charge in [0.2, 0.25) is 0 Å². The molecule has 0 radical (unpaired) electrons. The third kappa shape index (κ3) is 6.36. The molecule has 2 aromatic carbocycles. The molecule has 0 aliphatic heterocycles. The highest BCUT2D eigenvalue weighted by molar-refractivity contribution is 5.55. The number of nitrogens with one attached hydrogen (secondary N) is 4. The van der Waals surface area contributed by atoms with Crippen molar-refractivity contribution in [2.75, 3.05) is 34.4 Å². The van der Waals surface area contributed by atoms with E-state index in [4.69, 9.17) is 0 Å². The van der Waals surface area contributed by atoms with E-state index in [0.29, 0.717) is 0 Å². The van der Waals surface area contributed by atoms with Crippen molar-refractivity contribution in [1.29, 1.82) is 0 Å². The molecule has 2 rings (SSSR count). The van der Waals surface area contributed by atoms with E-state index < -0.39 is 12.5 Å². The molecule has 6 N–H and O–H groups in total. The first-order valence-corrected chi connectivity index (χ1v) is 8.10. The Hall–Kier alpha value is -2.44. The van der Waals surface area contributed by atoms with Crippen LogP contribution in [-0.4, -0.2) is 35.8 Å². The van der Waals surface area contributed by atoms with Gasteiger partial charge in [0.25, 0.3) is 0 Å². The van der Waals surface area contributed by atoms with E-state index in [1.807, 2.05) is 48.5 Å². The molecule has 0 saturated heterocycles. The van der Waals surface area contributed by atoms with Gasteiger partial charge in [0.15, 0.2) is 0 Å². The lowest BCUT2D eigenvalue weighted by atomic mass is 10.2. The van der Waals surface area contributed by atoms with Gasteiger partial charge in [-0.25, -0.2) is 0 Å². The molecule has 24 heavy (non-hydrogen) atoms. The fourth-order valence-electron chi connectivity index (χ4n) is 2.26. The number of hydrogen-bond donors (Lipinski definition) is 6. The van der Waals surface area contributed by atoms with E-state index in [1.165, 1.54) is 0 Å². The molecule has 2 aromatic rings. The largest absolute Gasteiger partial charge is 0.383 e. The van der Waals surface area contributed by atoms with Crippen LogP contribution >= 0.6 is 0 Å². The molecular formula is C18H26N4O2. The summed E-state index contributed by atoms with van der Waals surface area (Å²) < 4.78 is 0. The summed E-state index contributed by atoms with van der Waals surface area (Å²) in [6.07, 6.45) is -1.12. The van der Waals surface area contributed by atoms with E-state index in [-0.39, 0.29) is 0 Å². The number of anilines is 4. The zero-order valence-electron chi connectivity index (χ0n) is 14.1. The van der Waals surface area contributed by atoms with Gasteiger partial charge in [0, 0.05) is 35.8 Å². The number of hydrogen-bond acceptors (Lipinski definition) is 6. The second-order valence-corrected chi connectivity index (χ2v) is 5.65. The molecule has 2 unspecified atom stereocenters. The summed E-state index contributed by atoms with van der Waals surface area (Å²) in [7, 11) is 0. The van der Waals surface area contributed by atoms with Crippen molar-refractivity contribution >= 4 is 22.7 Å². The summed E-state index contributed by atoms with van der Waals surface area (Å²) in [5.41, 5.74) is 3.84. The minimum atomic E-state index is -0.560. The van der Waals surface area contributed by atoms with E-state index in [2.05, 4.69) is 21.3 Å². The number of aliphatic hydroxyl groups is 2. The second-order valence-electron chi connectivity index (χ2n) is 5.65. The molecule has 6 nitrogen and oxygen atoms in total. The molecule has 0 aliphatic rings. The van der Waals surface area contributed by atoms with Crippen LogP contribution in [0, 0.1) is 0 Å². The summed E-state index contributed by atoms with van der Waals surface area (Å²) in [5, 5.41) is 31.1. The monoisotopic (exact) mass is 330 g/mol. The van der Waals surface area contributed by atoms with Gasteiger partial charge < -0.3 is 31.5 Å². The second kappa shape index (κ2) is 9.00. The molecule has 2 atom stereocenters. The van der Waals surface area contributed by atoms with E-state index in [0.717, 1.165) is 35.8 Å². The molecule has 0 bridgehead atoms. The first kappa shape index (κ1) is 17.9. The Labute approximate surface area is 142 Å². The molecule has 0 saturated carbocycles. The van der Waals surface area contributed by atoms with Gasteiger partial charge in [-0.05, 0) is 62.4 Å². The van der Waals surface area contributed by atoms with Gasteiger partial charge in [-0.3, -0.25) is 0 Å². The fraction of sp³-hybridized carbons (Fsp3) is 0.333. The quantitative estimate of drug-likeness (QED) is 0.313. The Morgan fingerprint density at radius 3 is 1.21 bits per heavy atom. The van der Waals surface area contributed by atoms with Gasteiger partial charge in [-0.15, -0.1) is 0 Å². The van der Waals surface area contributed by atoms with Crippen LogP contribution in [0.15, 0.2) is 48.5 Å². The fourth-order valence-corrected chi connectivity index (χ4v) is 2.26.